The van der Waals surface area contributed by atoms with Gasteiger partial charge in [0.1, 0.15) is 0 Å². The van der Waals surface area contributed by atoms with Crippen molar-refractivity contribution in [3.8, 4) is 0 Å². The van der Waals surface area contributed by atoms with Gasteiger partial charge < -0.3 is 18.9 Å². The molecule has 166 valence electrons. The largest absolute Gasteiger partial charge is 0.344 e. The van der Waals surface area contributed by atoms with Crippen LogP contribution >= 0.6 is 15.8 Å². The molecule has 10 atom stereocenters. The van der Waals surface area contributed by atoms with Crippen LogP contribution in [0.2, 0.25) is 0 Å². The maximum Gasteiger partial charge on any atom is 0.163 e. The molecule has 4 fully saturated rings. The molecular weight excluding hydrogens is 414 g/mol. The first kappa shape index (κ1) is 21.7. The number of ether oxygens (including phenoxy) is 4. The Hall–Kier alpha value is -0.0800. The lowest BCUT2D eigenvalue weighted by Gasteiger charge is -2.33. The van der Waals surface area contributed by atoms with Crippen molar-refractivity contribution in [3.05, 3.63) is 24.3 Å². The standard InChI is InChI=1S/C24H36O4P2/c1-13-19-20(26-23(5,6)25-19)14(2)29(13)17-11-9-10-12-18(17)30-15(3)21-22(16(30)4)28-24(7,8)27-21/h9-16,19-22H,1-8H3/t13-,14-,15-,16-,19+,20?,21+,22?,29?,30?/m0/s1. The Balaban J connectivity index is 1.48. The van der Waals surface area contributed by atoms with E-state index in [-0.39, 0.29) is 40.3 Å². The minimum Gasteiger partial charge on any atom is -0.344 e. The summed E-state index contributed by atoms with van der Waals surface area (Å²) in [7, 11) is -0.723. The molecule has 0 N–H and O–H groups in total. The average Bonchev–Trinajstić information content (AvgIpc) is 3.29. The van der Waals surface area contributed by atoms with Crippen LogP contribution in [0.1, 0.15) is 55.4 Å². The molecule has 0 radical (unpaired) electrons. The molecule has 0 bridgehead atoms. The van der Waals surface area contributed by atoms with Crippen molar-refractivity contribution in [3.63, 3.8) is 0 Å². The smallest absolute Gasteiger partial charge is 0.163 e. The van der Waals surface area contributed by atoms with Gasteiger partial charge in [-0.3, -0.25) is 0 Å². The van der Waals surface area contributed by atoms with Crippen LogP contribution in [0.25, 0.3) is 0 Å². The summed E-state index contributed by atoms with van der Waals surface area (Å²) in [6.45, 7) is 17.7. The highest BCUT2D eigenvalue weighted by atomic mass is 31.1. The molecule has 30 heavy (non-hydrogen) atoms. The van der Waals surface area contributed by atoms with Crippen LogP contribution in [0, 0.1) is 0 Å². The topological polar surface area (TPSA) is 36.9 Å². The van der Waals surface area contributed by atoms with Gasteiger partial charge in [0.2, 0.25) is 0 Å². The Bertz CT molecular complexity index is 720. The Labute approximate surface area is 183 Å². The molecule has 4 saturated heterocycles. The van der Waals surface area contributed by atoms with Gasteiger partial charge in [0.05, 0.1) is 24.4 Å². The summed E-state index contributed by atoms with van der Waals surface area (Å²) in [6, 6.07) is 9.22. The van der Waals surface area contributed by atoms with Crippen molar-refractivity contribution in [2.75, 3.05) is 0 Å². The van der Waals surface area contributed by atoms with E-state index in [1.807, 2.05) is 27.7 Å². The Morgan fingerprint density at radius 3 is 1.10 bits per heavy atom. The molecule has 4 unspecified atom stereocenters. The number of rotatable bonds is 2. The molecule has 4 heterocycles. The third kappa shape index (κ3) is 3.25. The lowest BCUT2D eigenvalue weighted by molar-refractivity contribution is -0.147. The highest BCUT2D eigenvalue weighted by molar-refractivity contribution is 7.73. The number of benzene rings is 1. The van der Waals surface area contributed by atoms with Crippen LogP contribution in [0.3, 0.4) is 0 Å². The van der Waals surface area contributed by atoms with E-state index >= 15 is 0 Å². The van der Waals surface area contributed by atoms with Gasteiger partial charge in [0, 0.05) is 22.6 Å². The van der Waals surface area contributed by atoms with Crippen LogP contribution in [0.5, 0.6) is 0 Å². The highest BCUT2D eigenvalue weighted by Gasteiger charge is 2.58. The van der Waals surface area contributed by atoms with E-state index in [9.17, 15) is 0 Å². The summed E-state index contributed by atoms with van der Waals surface area (Å²) in [5.41, 5.74) is 1.99. The molecule has 6 heteroatoms. The van der Waals surface area contributed by atoms with E-state index in [0.29, 0.717) is 22.6 Å². The van der Waals surface area contributed by atoms with Gasteiger partial charge in [-0.05, 0) is 38.3 Å². The van der Waals surface area contributed by atoms with Crippen molar-refractivity contribution in [2.24, 2.45) is 0 Å². The normalized spacial score (nSPS) is 48.7. The van der Waals surface area contributed by atoms with E-state index in [1.54, 1.807) is 10.6 Å². The molecule has 1 aromatic rings. The zero-order valence-electron chi connectivity index (χ0n) is 19.5. The second-order valence-corrected chi connectivity index (χ2v) is 16.2. The summed E-state index contributed by atoms with van der Waals surface area (Å²) in [4.78, 5) is 0. The second-order valence-electron chi connectivity index (χ2n) is 10.4. The lowest BCUT2D eigenvalue weighted by Crippen LogP contribution is -2.34. The van der Waals surface area contributed by atoms with Gasteiger partial charge in [-0.2, -0.15) is 0 Å². The van der Waals surface area contributed by atoms with Gasteiger partial charge in [-0.15, -0.1) is 0 Å². The summed E-state index contributed by atoms with van der Waals surface area (Å²) >= 11 is 0. The van der Waals surface area contributed by atoms with Crippen molar-refractivity contribution < 1.29 is 18.9 Å². The van der Waals surface area contributed by atoms with Crippen LogP contribution < -0.4 is 10.6 Å². The van der Waals surface area contributed by atoms with E-state index < -0.39 is 11.6 Å². The Morgan fingerprint density at radius 1 is 0.567 bits per heavy atom. The van der Waals surface area contributed by atoms with Crippen molar-refractivity contribution in [1.82, 2.24) is 0 Å². The molecule has 0 saturated carbocycles. The third-order valence-corrected chi connectivity index (χ3v) is 14.2. The molecule has 0 spiro atoms. The minimum absolute atomic E-state index is 0.201. The van der Waals surface area contributed by atoms with Gasteiger partial charge in [0.15, 0.2) is 11.6 Å². The monoisotopic (exact) mass is 450 g/mol. The van der Waals surface area contributed by atoms with Gasteiger partial charge in [-0.25, -0.2) is 0 Å². The van der Waals surface area contributed by atoms with Gasteiger partial charge in [0.25, 0.3) is 0 Å². The fourth-order valence-corrected chi connectivity index (χ4v) is 13.6. The molecule has 4 aliphatic rings. The molecule has 0 amide bonds. The Kier molecular flexibility index (Phi) is 5.23. The lowest BCUT2D eigenvalue weighted by atomic mass is 10.1. The molecule has 4 aliphatic heterocycles. The number of fused-ring (bicyclic) bond motifs is 2. The maximum absolute atomic E-state index is 6.36. The van der Waals surface area contributed by atoms with E-state index in [1.165, 1.54) is 0 Å². The fourth-order valence-electron chi connectivity index (χ4n) is 6.28. The predicted octanol–water partition coefficient (Wildman–Crippen LogP) is 4.52. The first-order chi connectivity index (χ1) is 14.0. The van der Waals surface area contributed by atoms with Crippen LogP contribution in [0.15, 0.2) is 24.3 Å². The molecule has 1 aromatic carbocycles. The first-order valence-electron chi connectivity index (χ1n) is 11.4. The quantitative estimate of drug-likeness (QED) is 0.621. The molecule has 0 aliphatic carbocycles. The third-order valence-electron chi connectivity index (χ3n) is 7.42. The van der Waals surface area contributed by atoms with E-state index in [0.717, 1.165) is 0 Å². The summed E-state index contributed by atoms with van der Waals surface area (Å²) in [5.74, 6) is -0.924. The SMILES string of the molecule is C[C@H]1C2OC(C)(C)O[C@@H]2[C@H](C)P1c1ccccc1P1[C@@H](C)C2OC(C)(C)O[C@@H]2[C@@H]1C. The van der Waals surface area contributed by atoms with Gasteiger partial charge >= 0.3 is 0 Å². The first-order valence-corrected chi connectivity index (χ1v) is 14.3. The van der Waals surface area contributed by atoms with E-state index in [2.05, 4.69) is 52.0 Å². The van der Waals surface area contributed by atoms with Crippen LogP contribution in [-0.4, -0.2) is 58.6 Å². The summed E-state index contributed by atoms with van der Waals surface area (Å²) < 4.78 is 25.4. The number of hydrogen-bond acceptors (Lipinski definition) is 4. The maximum atomic E-state index is 6.36. The van der Waals surface area contributed by atoms with Crippen LogP contribution in [-0.2, 0) is 18.9 Å². The predicted molar refractivity (Wildman–Crippen MR) is 125 cm³/mol. The summed E-state index contributed by atoms with van der Waals surface area (Å²) in [5, 5.41) is 3.13. The summed E-state index contributed by atoms with van der Waals surface area (Å²) in [6.07, 6.45) is 0.805. The van der Waals surface area contributed by atoms with Gasteiger partial charge in [-0.1, -0.05) is 67.8 Å². The van der Waals surface area contributed by atoms with Crippen molar-refractivity contribution >= 4 is 26.5 Å². The molecular formula is C24H36O4P2. The zero-order valence-corrected chi connectivity index (χ0v) is 21.2. The molecule has 4 nitrogen and oxygen atoms in total. The minimum atomic E-state index is -0.462. The van der Waals surface area contributed by atoms with Crippen molar-refractivity contribution in [2.45, 2.75) is 114 Å². The number of hydrogen-bond donors (Lipinski definition) is 0. The molecule has 5 rings (SSSR count). The van der Waals surface area contributed by atoms with Crippen LogP contribution in [0.4, 0.5) is 0 Å². The highest BCUT2D eigenvalue weighted by Crippen LogP contribution is 2.63. The zero-order chi connectivity index (χ0) is 21.6. The fraction of sp³-hybridized carbons (Fsp3) is 0.750. The average molecular weight is 450 g/mol. The molecule has 0 aromatic heterocycles. The Morgan fingerprint density at radius 2 is 0.833 bits per heavy atom. The van der Waals surface area contributed by atoms with Crippen molar-refractivity contribution in [1.29, 1.82) is 0 Å². The second kappa shape index (κ2) is 7.21. The van der Waals surface area contributed by atoms with E-state index in [4.69, 9.17) is 18.9 Å².